The molecule has 1 atom stereocenters. The first-order valence-electron chi connectivity index (χ1n) is 7.58. The van der Waals surface area contributed by atoms with Crippen LogP contribution in [0.5, 0.6) is 5.75 Å². The van der Waals surface area contributed by atoms with Crippen LogP contribution in [0.1, 0.15) is 31.9 Å². The fourth-order valence-corrected chi connectivity index (χ4v) is 2.67. The van der Waals surface area contributed by atoms with E-state index in [0.717, 1.165) is 10.9 Å². The molecule has 0 saturated heterocycles. The van der Waals surface area contributed by atoms with Crippen molar-refractivity contribution in [1.82, 2.24) is 0 Å². The molecule has 23 heavy (non-hydrogen) atoms. The summed E-state index contributed by atoms with van der Waals surface area (Å²) >= 11 is 0. The third kappa shape index (κ3) is 2.94. The summed E-state index contributed by atoms with van der Waals surface area (Å²) in [4.78, 5) is 11.6. The number of fused-ring (bicyclic) bond motifs is 2. The van der Waals surface area contributed by atoms with Crippen LogP contribution in [-0.2, 0) is 6.42 Å². The molecule has 0 saturated carbocycles. The average Bonchev–Trinajstić information content (AvgIpc) is 2.47. The zero-order valence-corrected chi connectivity index (χ0v) is 13.6. The number of aliphatic hydroxyl groups excluding tert-OH is 1. The molecule has 3 rings (SSSR count). The second-order valence-corrected chi connectivity index (χ2v) is 6.55. The van der Waals surface area contributed by atoms with Gasteiger partial charge in [-0.25, -0.2) is 4.79 Å². The van der Waals surface area contributed by atoms with Gasteiger partial charge in [-0.15, -0.1) is 0 Å². The Kier molecular flexibility index (Phi) is 3.65. The van der Waals surface area contributed by atoms with E-state index >= 15 is 0 Å². The normalized spacial score (nSPS) is 16.7. The number of aliphatic hydroxyl groups is 1. The average molecular weight is 312 g/mol. The molecule has 2 heterocycles. The second kappa shape index (κ2) is 5.39. The van der Waals surface area contributed by atoms with Gasteiger partial charge in [0, 0.05) is 29.0 Å². The van der Waals surface area contributed by atoms with Crippen molar-refractivity contribution >= 4 is 17.0 Å². The molecule has 4 nitrogen and oxygen atoms in total. The number of hydrogen-bond donors (Lipinski definition) is 1. The molecule has 1 aromatic heterocycles. The predicted molar refractivity (Wildman–Crippen MR) is 90.7 cm³/mol. The van der Waals surface area contributed by atoms with Crippen molar-refractivity contribution in [3.63, 3.8) is 0 Å². The van der Waals surface area contributed by atoms with Gasteiger partial charge in [0.2, 0.25) is 0 Å². The molecule has 1 aromatic carbocycles. The monoisotopic (exact) mass is 312 g/mol. The van der Waals surface area contributed by atoms with Gasteiger partial charge in [-0.3, -0.25) is 0 Å². The van der Waals surface area contributed by atoms with Gasteiger partial charge in [0.15, 0.2) is 0 Å². The summed E-state index contributed by atoms with van der Waals surface area (Å²) < 4.78 is 11.5. The molecule has 4 heteroatoms. The van der Waals surface area contributed by atoms with E-state index in [1.807, 2.05) is 32.1 Å². The Morgan fingerprint density at radius 3 is 2.83 bits per heavy atom. The van der Waals surface area contributed by atoms with Gasteiger partial charge in [0.25, 0.3) is 0 Å². The van der Waals surface area contributed by atoms with E-state index in [1.165, 1.54) is 6.07 Å². The Morgan fingerprint density at radius 1 is 1.39 bits per heavy atom. The smallest absolute Gasteiger partial charge is 0.336 e. The molecule has 0 spiro atoms. The summed E-state index contributed by atoms with van der Waals surface area (Å²) in [6, 6.07) is 5.05. The maximum atomic E-state index is 11.6. The van der Waals surface area contributed by atoms with E-state index in [2.05, 4.69) is 6.58 Å². The van der Waals surface area contributed by atoms with Crippen molar-refractivity contribution in [1.29, 1.82) is 0 Å². The molecule has 1 unspecified atom stereocenters. The fourth-order valence-electron chi connectivity index (χ4n) is 2.67. The molecule has 0 aliphatic carbocycles. The Hall–Kier alpha value is -2.33. The van der Waals surface area contributed by atoms with Gasteiger partial charge < -0.3 is 14.3 Å². The zero-order chi connectivity index (χ0) is 16.8. The van der Waals surface area contributed by atoms with Crippen LogP contribution in [0, 0.1) is 0 Å². The SMILES string of the molecule is C=C(C)C(O)Cc1c2c(cc3ccc(=O)oc13)C=CC(C)(C)O2. The predicted octanol–water partition coefficient (Wildman–Crippen LogP) is 3.46. The lowest BCUT2D eigenvalue weighted by Crippen LogP contribution is -2.28. The summed E-state index contributed by atoms with van der Waals surface area (Å²) in [5.74, 6) is 0.652. The van der Waals surface area contributed by atoms with Crippen LogP contribution in [0.15, 0.2) is 45.6 Å². The highest BCUT2D eigenvalue weighted by Crippen LogP contribution is 2.39. The maximum Gasteiger partial charge on any atom is 0.336 e. The van der Waals surface area contributed by atoms with Crippen molar-refractivity contribution in [2.75, 3.05) is 0 Å². The highest BCUT2D eigenvalue weighted by molar-refractivity contribution is 5.87. The molecule has 1 N–H and O–H groups in total. The van der Waals surface area contributed by atoms with E-state index in [1.54, 1.807) is 13.0 Å². The summed E-state index contributed by atoms with van der Waals surface area (Å²) in [6.45, 7) is 9.47. The third-order valence-electron chi connectivity index (χ3n) is 3.98. The van der Waals surface area contributed by atoms with Crippen LogP contribution >= 0.6 is 0 Å². The topological polar surface area (TPSA) is 59.7 Å². The number of benzene rings is 1. The zero-order valence-electron chi connectivity index (χ0n) is 13.6. The lowest BCUT2D eigenvalue weighted by molar-refractivity contribution is 0.154. The van der Waals surface area contributed by atoms with Crippen molar-refractivity contribution in [3.05, 3.63) is 58.0 Å². The van der Waals surface area contributed by atoms with E-state index in [0.29, 0.717) is 22.5 Å². The molecule has 120 valence electrons. The Labute approximate surface area is 134 Å². The van der Waals surface area contributed by atoms with Crippen LogP contribution in [0.25, 0.3) is 17.0 Å². The van der Waals surface area contributed by atoms with Crippen LogP contribution < -0.4 is 10.4 Å². The summed E-state index contributed by atoms with van der Waals surface area (Å²) in [5.41, 5.74) is 1.84. The first-order valence-corrected chi connectivity index (χ1v) is 7.58. The summed E-state index contributed by atoms with van der Waals surface area (Å²) in [7, 11) is 0. The first-order chi connectivity index (χ1) is 10.8. The molecule has 1 aliphatic rings. The first kappa shape index (κ1) is 15.6. The standard InChI is InChI=1S/C19H20O4/c1-11(2)15(20)10-14-17-12(5-6-16(21)22-17)9-13-7-8-19(3,4)23-18(13)14/h5-9,15,20H,1,10H2,2-4H3. The molecule has 2 aromatic rings. The Morgan fingerprint density at radius 2 is 2.13 bits per heavy atom. The highest BCUT2D eigenvalue weighted by atomic mass is 16.5. The Bertz CT molecular complexity index is 871. The quantitative estimate of drug-likeness (QED) is 0.696. The lowest BCUT2D eigenvalue weighted by Gasteiger charge is -2.30. The van der Waals surface area contributed by atoms with E-state index in [-0.39, 0.29) is 6.42 Å². The molecule has 1 aliphatic heterocycles. The summed E-state index contributed by atoms with van der Waals surface area (Å²) in [5, 5.41) is 11.1. The van der Waals surface area contributed by atoms with Crippen LogP contribution in [0.2, 0.25) is 0 Å². The Balaban J connectivity index is 2.28. The largest absolute Gasteiger partial charge is 0.483 e. The molecule has 0 radical (unpaired) electrons. The maximum absolute atomic E-state index is 11.6. The van der Waals surface area contributed by atoms with Gasteiger partial charge >= 0.3 is 5.63 Å². The van der Waals surface area contributed by atoms with E-state index in [4.69, 9.17) is 9.15 Å². The van der Waals surface area contributed by atoms with E-state index in [9.17, 15) is 9.90 Å². The van der Waals surface area contributed by atoms with Crippen molar-refractivity contribution < 1.29 is 14.3 Å². The molecular formula is C19H20O4. The van der Waals surface area contributed by atoms with Crippen LogP contribution in [0.4, 0.5) is 0 Å². The van der Waals surface area contributed by atoms with Gasteiger partial charge in [-0.2, -0.15) is 0 Å². The van der Waals surface area contributed by atoms with Crippen molar-refractivity contribution in [3.8, 4) is 5.75 Å². The van der Waals surface area contributed by atoms with Gasteiger partial charge in [0.05, 0.1) is 6.10 Å². The number of hydrogen-bond acceptors (Lipinski definition) is 4. The van der Waals surface area contributed by atoms with Gasteiger partial charge in [-0.1, -0.05) is 18.2 Å². The molecular weight excluding hydrogens is 292 g/mol. The minimum atomic E-state index is -0.729. The van der Waals surface area contributed by atoms with E-state index < -0.39 is 17.3 Å². The van der Waals surface area contributed by atoms with Crippen LogP contribution in [-0.4, -0.2) is 16.8 Å². The summed E-state index contributed by atoms with van der Waals surface area (Å²) in [6.07, 6.45) is 3.54. The number of rotatable bonds is 3. The van der Waals surface area contributed by atoms with Gasteiger partial charge in [0.1, 0.15) is 16.9 Å². The molecule has 0 bridgehead atoms. The van der Waals surface area contributed by atoms with Crippen LogP contribution in [0.3, 0.4) is 0 Å². The highest BCUT2D eigenvalue weighted by Gasteiger charge is 2.27. The lowest BCUT2D eigenvalue weighted by atomic mass is 9.94. The minimum Gasteiger partial charge on any atom is -0.483 e. The van der Waals surface area contributed by atoms with Crippen molar-refractivity contribution in [2.24, 2.45) is 0 Å². The molecule has 0 amide bonds. The van der Waals surface area contributed by atoms with Crippen molar-refractivity contribution in [2.45, 2.75) is 38.9 Å². The minimum absolute atomic E-state index is 0.284. The van der Waals surface area contributed by atoms with Gasteiger partial charge in [-0.05, 0) is 39.0 Å². The molecule has 0 fully saturated rings. The third-order valence-corrected chi connectivity index (χ3v) is 3.98. The second-order valence-electron chi connectivity index (χ2n) is 6.55. The fraction of sp³-hybridized carbons (Fsp3) is 0.316. The number of ether oxygens (including phenoxy) is 1.